The molecule has 0 bridgehead atoms. The van der Waals surface area contributed by atoms with Gasteiger partial charge in [-0.05, 0) is 49.8 Å². The number of nitrogens with one attached hydrogen (secondary N) is 2. The Bertz CT molecular complexity index is 996. The van der Waals surface area contributed by atoms with Crippen LogP contribution in [-0.4, -0.2) is 83.9 Å². The van der Waals surface area contributed by atoms with Crippen LogP contribution in [0.15, 0.2) is 18.2 Å². The fourth-order valence-corrected chi connectivity index (χ4v) is 6.29. The summed E-state index contributed by atoms with van der Waals surface area (Å²) in [6, 6.07) is 5.77. The lowest BCUT2D eigenvalue weighted by molar-refractivity contribution is -0.146. The van der Waals surface area contributed by atoms with Crippen LogP contribution in [0.2, 0.25) is 10.0 Å². The molecule has 8 nitrogen and oxygen atoms in total. The third-order valence-corrected chi connectivity index (χ3v) is 9.14. The summed E-state index contributed by atoms with van der Waals surface area (Å²) < 4.78 is 0. The van der Waals surface area contributed by atoms with Crippen LogP contribution in [0.5, 0.6) is 0 Å². The number of fused-ring (bicyclic) bond motifs is 1. The summed E-state index contributed by atoms with van der Waals surface area (Å²) in [5.74, 6) is 0.339. The van der Waals surface area contributed by atoms with Gasteiger partial charge in [-0.3, -0.25) is 24.6 Å². The molecule has 5 rings (SSSR count). The molecule has 0 radical (unpaired) electrons. The number of hydrogen-bond donors (Lipinski definition) is 2. The number of benzene rings is 1. The number of piperazine rings is 1. The Labute approximate surface area is 222 Å². The van der Waals surface area contributed by atoms with Crippen molar-refractivity contribution in [2.45, 2.75) is 57.2 Å². The monoisotopic (exact) mass is 535 g/mol. The van der Waals surface area contributed by atoms with Gasteiger partial charge in [0.2, 0.25) is 17.7 Å². The van der Waals surface area contributed by atoms with Gasteiger partial charge in [0.15, 0.2) is 0 Å². The van der Waals surface area contributed by atoms with E-state index in [1.165, 1.54) is 6.42 Å². The highest BCUT2D eigenvalue weighted by Gasteiger charge is 2.43. The van der Waals surface area contributed by atoms with Gasteiger partial charge in [0.05, 0.1) is 22.6 Å². The van der Waals surface area contributed by atoms with E-state index in [2.05, 4.69) is 15.5 Å². The standard InChI is InChI=1S/C26H35Cl2N5O3/c27-21-6-4-17(12-22(21)28)14-29-24(34)15-33-16-30-23-7-5-19(13-20(23)26(33)36)31-8-10-32(11-9-31)25(35)18-2-1-3-18/h4,6,12,18-20,23,30H,1-3,5,7-11,13-16H2,(H,29,34). The van der Waals surface area contributed by atoms with E-state index < -0.39 is 0 Å². The predicted molar refractivity (Wildman–Crippen MR) is 138 cm³/mol. The van der Waals surface area contributed by atoms with Crippen molar-refractivity contribution in [2.75, 3.05) is 39.4 Å². The highest BCUT2D eigenvalue weighted by atomic mass is 35.5. The summed E-state index contributed by atoms with van der Waals surface area (Å²) in [4.78, 5) is 44.6. The molecule has 3 unspecified atom stereocenters. The first-order valence-corrected chi connectivity index (χ1v) is 13.9. The fourth-order valence-electron chi connectivity index (χ4n) is 5.97. The van der Waals surface area contributed by atoms with Gasteiger partial charge in [0, 0.05) is 50.7 Å². The van der Waals surface area contributed by atoms with Crippen LogP contribution in [0.3, 0.4) is 0 Å². The van der Waals surface area contributed by atoms with Gasteiger partial charge in [-0.2, -0.15) is 0 Å². The maximum absolute atomic E-state index is 13.3. The first kappa shape index (κ1) is 25.8. The van der Waals surface area contributed by atoms with E-state index in [4.69, 9.17) is 23.2 Å². The number of nitrogens with zero attached hydrogens (tertiary/aromatic N) is 3. The number of amides is 3. The van der Waals surface area contributed by atoms with Crippen LogP contribution >= 0.6 is 23.2 Å². The smallest absolute Gasteiger partial charge is 0.239 e. The molecule has 36 heavy (non-hydrogen) atoms. The minimum absolute atomic E-state index is 0.0307. The molecule has 0 spiro atoms. The van der Waals surface area contributed by atoms with Gasteiger partial charge in [-0.15, -0.1) is 0 Å². The van der Waals surface area contributed by atoms with E-state index in [0.29, 0.717) is 35.2 Å². The molecule has 2 N–H and O–H groups in total. The third-order valence-electron chi connectivity index (χ3n) is 8.40. The van der Waals surface area contributed by atoms with Crippen molar-refractivity contribution >= 4 is 40.9 Å². The van der Waals surface area contributed by atoms with Crippen molar-refractivity contribution < 1.29 is 14.4 Å². The zero-order valence-electron chi connectivity index (χ0n) is 20.6. The lowest BCUT2D eigenvalue weighted by Gasteiger charge is -2.47. The largest absolute Gasteiger partial charge is 0.350 e. The van der Waals surface area contributed by atoms with Gasteiger partial charge >= 0.3 is 0 Å². The van der Waals surface area contributed by atoms with Gasteiger partial charge in [0.1, 0.15) is 6.54 Å². The lowest BCUT2D eigenvalue weighted by atomic mass is 9.79. The van der Waals surface area contributed by atoms with Crippen LogP contribution in [0.1, 0.15) is 44.1 Å². The van der Waals surface area contributed by atoms with Crippen molar-refractivity contribution in [3.05, 3.63) is 33.8 Å². The van der Waals surface area contributed by atoms with Crippen LogP contribution in [-0.2, 0) is 20.9 Å². The predicted octanol–water partition coefficient (Wildman–Crippen LogP) is 2.48. The third kappa shape index (κ3) is 5.67. The molecule has 2 saturated carbocycles. The first-order valence-electron chi connectivity index (χ1n) is 13.1. The fraction of sp³-hybridized carbons (Fsp3) is 0.654. The van der Waals surface area contributed by atoms with Gasteiger partial charge < -0.3 is 15.1 Å². The van der Waals surface area contributed by atoms with Crippen molar-refractivity contribution in [1.82, 2.24) is 25.3 Å². The minimum atomic E-state index is -0.200. The molecule has 2 heterocycles. The van der Waals surface area contributed by atoms with Crippen molar-refractivity contribution in [3.8, 4) is 0 Å². The zero-order valence-corrected chi connectivity index (χ0v) is 22.1. The normalized spacial score (nSPS) is 27.4. The minimum Gasteiger partial charge on any atom is -0.350 e. The molecule has 2 aliphatic heterocycles. The lowest BCUT2D eigenvalue weighted by Crippen LogP contribution is -2.62. The van der Waals surface area contributed by atoms with Gasteiger partial charge in [-0.25, -0.2) is 0 Å². The number of carbonyl (C=O) groups is 3. The Hall–Kier alpha value is -1.87. The number of hydrogen-bond acceptors (Lipinski definition) is 5. The molecule has 3 amide bonds. The van der Waals surface area contributed by atoms with Crippen LogP contribution in [0, 0.1) is 11.8 Å². The van der Waals surface area contributed by atoms with Crippen LogP contribution in [0.4, 0.5) is 0 Å². The van der Waals surface area contributed by atoms with E-state index in [1.807, 2.05) is 11.0 Å². The first-order chi connectivity index (χ1) is 17.4. The molecular weight excluding hydrogens is 501 g/mol. The Balaban J connectivity index is 1.10. The highest BCUT2D eigenvalue weighted by Crippen LogP contribution is 2.33. The Morgan fingerprint density at radius 3 is 2.50 bits per heavy atom. The maximum Gasteiger partial charge on any atom is 0.239 e. The summed E-state index contributed by atoms with van der Waals surface area (Å²) in [6.07, 6.45) is 6.09. The average Bonchev–Trinajstić information content (AvgIpc) is 2.85. The Kier molecular flexibility index (Phi) is 8.05. The average molecular weight is 537 g/mol. The van der Waals surface area contributed by atoms with Crippen LogP contribution < -0.4 is 10.6 Å². The van der Waals surface area contributed by atoms with Gasteiger partial charge in [0.25, 0.3) is 0 Å². The number of rotatable bonds is 6. The SMILES string of the molecule is O=C(CN1CNC2CCC(N3CCN(C(=O)C4CCC4)CC3)CC2C1=O)NCc1ccc(Cl)c(Cl)c1. The van der Waals surface area contributed by atoms with Crippen LogP contribution in [0.25, 0.3) is 0 Å². The van der Waals surface area contributed by atoms with E-state index in [0.717, 1.165) is 63.8 Å². The number of carbonyl (C=O) groups excluding carboxylic acids is 3. The van der Waals surface area contributed by atoms with E-state index in [1.54, 1.807) is 17.0 Å². The molecule has 2 aliphatic carbocycles. The second-order valence-electron chi connectivity index (χ2n) is 10.6. The summed E-state index contributed by atoms with van der Waals surface area (Å²) in [5, 5.41) is 7.28. The summed E-state index contributed by atoms with van der Waals surface area (Å²) in [6.45, 7) is 4.09. The molecule has 4 fully saturated rings. The molecule has 10 heteroatoms. The maximum atomic E-state index is 13.3. The molecule has 4 aliphatic rings. The van der Waals surface area contributed by atoms with Crippen molar-refractivity contribution in [2.24, 2.45) is 11.8 Å². The topological polar surface area (TPSA) is 85.0 Å². The molecule has 1 aromatic rings. The zero-order chi connectivity index (χ0) is 25.2. The van der Waals surface area contributed by atoms with Gasteiger partial charge in [-0.1, -0.05) is 35.7 Å². The number of halogens is 2. The highest BCUT2D eigenvalue weighted by molar-refractivity contribution is 6.42. The molecule has 196 valence electrons. The van der Waals surface area contributed by atoms with Crippen molar-refractivity contribution in [1.29, 1.82) is 0 Å². The summed E-state index contributed by atoms with van der Waals surface area (Å²) >= 11 is 12.0. The van der Waals surface area contributed by atoms with E-state index >= 15 is 0 Å². The van der Waals surface area contributed by atoms with E-state index in [9.17, 15) is 14.4 Å². The van der Waals surface area contributed by atoms with E-state index in [-0.39, 0.29) is 36.2 Å². The second-order valence-corrected chi connectivity index (χ2v) is 11.4. The summed E-state index contributed by atoms with van der Waals surface area (Å²) in [7, 11) is 0. The molecule has 2 saturated heterocycles. The van der Waals surface area contributed by atoms with Crippen molar-refractivity contribution in [3.63, 3.8) is 0 Å². The molecule has 3 atom stereocenters. The quantitative estimate of drug-likeness (QED) is 0.584. The Morgan fingerprint density at radius 1 is 1.03 bits per heavy atom. The second kappa shape index (κ2) is 11.3. The molecule has 1 aromatic carbocycles. The molecular formula is C26H35Cl2N5O3. The Morgan fingerprint density at radius 2 is 1.81 bits per heavy atom. The molecule has 0 aromatic heterocycles. The summed E-state index contributed by atoms with van der Waals surface area (Å²) in [5.41, 5.74) is 0.852.